The Morgan fingerprint density at radius 1 is 1.22 bits per heavy atom. The van der Waals surface area contributed by atoms with Crippen LogP contribution in [-0.2, 0) is 11.2 Å². The van der Waals surface area contributed by atoms with E-state index in [2.05, 4.69) is 12.1 Å². The molecule has 0 amide bonds. The van der Waals surface area contributed by atoms with E-state index in [1.807, 2.05) is 55.3 Å². The molecule has 0 saturated carbocycles. The number of aryl methyl sites for hydroxylation is 1. The van der Waals surface area contributed by atoms with Gasteiger partial charge in [-0.05, 0) is 32.0 Å². The number of carbonyl (C=O) groups is 1. The van der Waals surface area contributed by atoms with Crippen molar-refractivity contribution in [1.29, 1.82) is 0 Å². The molecule has 1 atom stereocenters. The SMILES string of the molecule is COc1ccc(C)cc1C(C(=O)O)N(C)CCc1ccccc1. The number of nitrogens with zero attached hydrogens (tertiary/aromatic N) is 1. The van der Waals surface area contributed by atoms with E-state index in [0.717, 1.165) is 12.0 Å². The van der Waals surface area contributed by atoms with Crippen LogP contribution in [0.2, 0.25) is 0 Å². The molecular weight excluding hydrogens is 290 g/mol. The van der Waals surface area contributed by atoms with E-state index >= 15 is 0 Å². The summed E-state index contributed by atoms with van der Waals surface area (Å²) in [6, 6.07) is 15.0. The van der Waals surface area contributed by atoms with Crippen LogP contribution in [0, 0.1) is 6.92 Å². The van der Waals surface area contributed by atoms with Crippen molar-refractivity contribution >= 4 is 5.97 Å². The average molecular weight is 313 g/mol. The smallest absolute Gasteiger partial charge is 0.325 e. The predicted molar refractivity (Wildman–Crippen MR) is 90.9 cm³/mol. The van der Waals surface area contributed by atoms with Crippen molar-refractivity contribution < 1.29 is 14.6 Å². The standard InChI is InChI=1S/C19H23NO3/c1-14-9-10-17(23-3)16(13-14)18(19(21)22)20(2)12-11-15-7-5-4-6-8-15/h4-10,13,18H,11-12H2,1-3H3,(H,21,22). The minimum atomic E-state index is -0.871. The third kappa shape index (κ3) is 4.33. The van der Waals surface area contributed by atoms with Gasteiger partial charge >= 0.3 is 5.97 Å². The monoisotopic (exact) mass is 313 g/mol. The van der Waals surface area contributed by atoms with Crippen LogP contribution < -0.4 is 4.74 Å². The number of carboxylic acids is 1. The highest BCUT2D eigenvalue weighted by atomic mass is 16.5. The zero-order chi connectivity index (χ0) is 16.8. The number of carboxylic acid groups (broad SMARTS) is 1. The first kappa shape index (κ1) is 17.0. The second kappa shape index (κ2) is 7.79. The lowest BCUT2D eigenvalue weighted by atomic mass is 10.0. The molecule has 0 saturated heterocycles. The van der Waals surface area contributed by atoms with Gasteiger partial charge in [0.1, 0.15) is 11.8 Å². The fourth-order valence-electron chi connectivity index (χ4n) is 2.71. The maximum atomic E-state index is 11.8. The Labute approximate surface area is 137 Å². The molecular formula is C19H23NO3. The molecule has 0 aliphatic rings. The molecule has 0 aromatic heterocycles. The summed E-state index contributed by atoms with van der Waals surface area (Å²) in [5.41, 5.74) is 2.90. The van der Waals surface area contributed by atoms with Crippen LogP contribution in [-0.4, -0.2) is 36.7 Å². The van der Waals surface area contributed by atoms with E-state index in [-0.39, 0.29) is 0 Å². The third-order valence-electron chi connectivity index (χ3n) is 3.95. The molecule has 0 heterocycles. The summed E-state index contributed by atoms with van der Waals surface area (Å²) in [6.45, 7) is 2.60. The highest BCUT2D eigenvalue weighted by Gasteiger charge is 2.27. The molecule has 1 unspecified atom stereocenters. The summed E-state index contributed by atoms with van der Waals surface area (Å²) >= 11 is 0. The second-order valence-electron chi connectivity index (χ2n) is 5.70. The number of ether oxygens (including phenoxy) is 1. The van der Waals surface area contributed by atoms with Crippen LogP contribution >= 0.6 is 0 Å². The maximum Gasteiger partial charge on any atom is 0.325 e. The third-order valence-corrected chi connectivity index (χ3v) is 3.95. The Morgan fingerprint density at radius 2 is 1.91 bits per heavy atom. The fourth-order valence-corrected chi connectivity index (χ4v) is 2.71. The highest BCUT2D eigenvalue weighted by molar-refractivity contribution is 5.76. The average Bonchev–Trinajstić information content (AvgIpc) is 2.54. The molecule has 2 aromatic rings. The van der Waals surface area contributed by atoms with Gasteiger partial charge < -0.3 is 9.84 Å². The Morgan fingerprint density at radius 3 is 2.52 bits per heavy atom. The predicted octanol–water partition coefficient (Wildman–Crippen LogP) is 3.30. The topological polar surface area (TPSA) is 49.8 Å². The Kier molecular flexibility index (Phi) is 5.77. The largest absolute Gasteiger partial charge is 0.496 e. The summed E-state index contributed by atoms with van der Waals surface area (Å²) < 4.78 is 5.35. The minimum absolute atomic E-state index is 0.606. The van der Waals surface area contributed by atoms with Gasteiger partial charge in [-0.2, -0.15) is 0 Å². The van der Waals surface area contributed by atoms with Gasteiger partial charge in [0.05, 0.1) is 7.11 Å². The Balaban J connectivity index is 2.21. The lowest BCUT2D eigenvalue weighted by molar-refractivity contribution is -0.143. The van der Waals surface area contributed by atoms with Gasteiger partial charge in [-0.1, -0.05) is 48.0 Å². The number of hydrogen-bond acceptors (Lipinski definition) is 3. The van der Waals surface area contributed by atoms with Gasteiger partial charge in [-0.25, -0.2) is 0 Å². The number of rotatable bonds is 7. The first-order valence-electron chi connectivity index (χ1n) is 7.64. The van der Waals surface area contributed by atoms with Gasteiger partial charge in [0.25, 0.3) is 0 Å². The molecule has 2 aromatic carbocycles. The molecule has 23 heavy (non-hydrogen) atoms. The van der Waals surface area contributed by atoms with Gasteiger partial charge in [0.2, 0.25) is 0 Å². The summed E-state index contributed by atoms with van der Waals surface area (Å²) in [7, 11) is 3.40. The van der Waals surface area contributed by atoms with Crippen LogP contribution in [0.15, 0.2) is 48.5 Å². The minimum Gasteiger partial charge on any atom is -0.496 e. The number of aliphatic carboxylic acids is 1. The van der Waals surface area contributed by atoms with E-state index < -0.39 is 12.0 Å². The van der Waals surface area contributed by atoms with Crippen LogP contribution in [0.5, 0.6) is 5.75 Å². The maximum absolute atomic E-state index is 11.8. The summed E-state index contributed by atoms with van der Waals surface area (Å²) in [6.07, 6.45) is 0.801. The van der Waals surface area contributed by atoms with E-state index in [1.165, 1.54) is 5.56 Å². The summed E-state index contributed by atoms with van der Waals surface area (Å²) in [5, 5.41) is 9.71. The van der Waals surface area contributed by atoms with Crippen LogP contribution in [0.25, 0.3) is 0 Å². The van der Waals surface area contributed by atoms with Gasteiger partial charge in [-0.15, -0.1) is 0 Å². The zero-order valence-corrected chi connectivity index (χ0v) is 13.8. The van der Waals surface area contributed by atoms with Crippen LogP contribution in [0.3, 0.4) is 0 Å². The van der Waals surface area contributed by atoms with Crippen molar-refractivity contribution in [3.8, 4) is 5.75 Å². The van der Waals surface area contributed by atoms with E-state index in [1.54, 1.807) is 7.11 Å². The summed E-state index contributed by atoms with van der Waals surface area (Å²) in [4.78, 5) is 13.7. The molecule has 4 nitrogen and oxygen atoms in total. The number of likely N-dealkylation sites (N-methyl/N-ethyl adjacent to an activating group) is 1. The van der Waals surface area contributed by atoms with Gasteiger partial charge in [0.15, 0.2) is 0 Å². The fraction of sp³-hybridized carbons (Fsp3) is 0.316. The molecule has 0 spiro atoms. The van der Waals surface area contributed by atoms with Crippen molar-refractivity contribution in [2.45, 2.75) is 19.4 Å². The zero-order valence-electron chi connectivity index (χ0n) is 13.8. The normalized spacial score (nSPS) is 12.2. The van der Waals surface area contributed by atoms with E-state index in [0.29, 0.717) is 17.9 Å². The molecule has 4 heteroatoms. The molecule has 1 N–H and O–H groups in total. The molecule has 0 bridgehead atoms. The molecule has 122 valence electrons. The van der Waals surface area contributed by atoms with Crippen molar-refractivity contribution in [1.82, 2.24) is 4.90 Å². The highest BCUT2D eigenvalue weighted by Crippen LogP contribution is 2.30. The quantitative estimate of drug-likeness (QED) is 0.852. The Bertz CT molecular complexity index is 655. The first-order valence-corrected chi connectivity index (χ1v) is 7.64. The summed E-state index contributed by atoms with van der Waals surface area (Å²) in [5.74, 6) is -0.265. The molecule has 0 aliphatic heterocycles. The molecule has 0 fully saturated rings. The van der Waals surface area contributed by atoms with Crippen molar-refractivity contribution in [2.24, 2.45) is 0 Å². The van der Waals surface area contributed by atoms with E-state index in [9.17, 15) is 9.90 Å². The second-order valence-corrected chi connectivity index (χ2v) is 5.70. The van der Waals surface area contributed by atoms with Crippen molar-refractivity contribution in [3.05, 3.63) is 65.2 Å². The first-order chi connectivity index (χ1) is 11.0. The van der Waals surface area contributed by atoms with Crippen molar-refractivity contribution in [2.75, 3.05) is 20.7 Å². The number of benzene rings is 2. The van der Waals surface area contributed by atoms with Crippen LogP contribution in [0.1, 0.15) is 22.7 Å². The number of hydrogen-bond donors (Lipinski definition) is 1. The number of methoxy groups -OCH3 is 1. The lowest BCUT2D eigenvalue weighted by Crippen LogP contribution is -2.32. The van der Waals surface area contributed by atoms with E-state index in [4.69, 9.17) is 4.74 Å². The van der Waals surface area contributed by atoms with Gasteiger partial charge in [-0.3, -0.25) is 9.69 Å². The molecule has 0 radical (unpaired) electrons. The van der Waals surface area contributed by atoms with Crippen molar-refractivity contribution in [3.63, 3.8) is 0 Å². The lowest BCUT2D eigenvalue weighted by Gasteiger charge is -2.26. The van der Waals surface area contributed by atoms with Crippen LogP contribution in [0.4, 0.5) is 0 Å². The van der Waals surface area contributed by atoms with Gasteiger partial charge in [0, 0.05) is 12.1 Å². The molecule has 2 rings (SSSR count). The molecule has 0 aliphatic carbocycles. The Hall–Kier alpha value is -2.33.